The first-order valence-corrected chi connectivity index (χ1v) is 8.31. The zero-order valence-electron chi connectivity index (χ0n) is 15.1. The van der Waals surface area contributed by atoms with E-state index >= 15 is 0 Å². The summed E-state index contributed by atoms with van der Waals surface area (Å²) in [5.74, 6) is -0.325. The first-order chi connectivity index (χ1) is 10.8. The van der Waals surface area contributed by atoms with E-state index in [0.29, 0.717) is 18.4 Å². The maximum absolute atomic E-state index is 12.4. The summed E-state index contributed by atoms with van der Waals surface area (Å²) in [6, 6.07) is 0. The molecular formula is C18H27F3O2. The minimum atomic E-state index is -4.23. The first kappa shape index (κ1) is 17.0. The molecule has 0 radical (unpaired) electrons. The lowest BCUT2D eigenvalue weighted by molar-refractivity contribution is -0.135. The largest absolute Gasteiger partial charge is 0.390 e. The lowest BCUT2D eigenvalue weighted by atomic mass is 9.59. The van der Waals surface area contributed by atoms with Crippen molar-refractivity contribution < 1.29 is 24.4 Å². The zero-order valence-corrected chi connectivity index (χ0v) is 14.1. The predicted octanol–water partition coefficient (Wildman–Crippen LogP) is 4.96. The van der Waals surface area contributed by atoms with Crippen LogP contribution in [0.25, 0.3) is 0 Å². The number of hydrogen-bond donors (Lipinski definition) is 1. The van der Waals surface area contributed by atoms with Crippen molar-refractivity contribution in [2.75, 3.05) is 0 Å². The third-order valence-electron chi connectivity index (χ3n) is 5.51. The molecule has 2 rings (SSSR count). The standard InChI is InChI=1S/C18H27F3O2/c1-16(2,23)12-6-9-17(3)10-7-15(22)13(14(17)11-12)5-4-8-18(19,20)21/h12,23H,4-11H2,1-3H3/t12-,17-/m1/s1/i7D/t7?,12-,17-. The maximum atomic E-state index is 12.4. The lowest BCUT2D eigenvalue weighted by Crippen LogP contribution is -2.40. The second-order valence-corrected chi connectivity index (χ2v) is 7.85. The molecule has 1 saturated carbocycles. The van der Waals surface area contributed by atoms with Crippen LogP contribution in [0.4, 0.5) is 13.2 Å². The Bertz CT molecular complexity index is 533. The third-order valence-corrected chi connectivity index (χ3v) is 5.51. The minimum absolute atomic E-state index is 0.00623. The van der Waals surface area contributed by atoms with Crippen molar-refractivity contribution in [1.82, 2.24) is 0 Å². The van der Waals surface area contributed by atoms with Crippen molar-refractivity contribution in [3.8, 4) is 0 Å². The second kappa shape index (κ2) is 6.23. The van der Waals surface area contributed by atoms with Gasteiger partial charge in [-0.05, 0) is 69.3 Å². The summed E-state index contributed by atoms with van der Waals surface area (Å²) in [6.45, 7) is 5.49. The molecule has 5 heteroatoms. The molecule has 132 valence electrons. The molecule has 1 fully saturated rings. The summed E-state index contributed by atoms with van der Waals surface area (Å²) < 4.78 is 45.4. The van der Waals surface area contributed by atoms with Crippen molar-refractivity contribution in [3.05, 3.63) is 11.1 Å². The van der Waals surface area contributed by atoms with E-state index in [2.05, 4.69) is 0 Å². The number of halogens is 3. The van der Waals surface area contributed by atoms with Gasteiger partial charge in [0.1, 0.15) is 0 Å². The normalized spacial score (nSPS) is 33.5. The molecule has 0 saturated heterocycles. The smallest absolute Gasteiger partial charge is 0.389 e. The van der Waals surface area contributed by atoms with Gasteiger partial charge in [-0.2, -0.15) is 13.2 Å². The molecule has 1 unspecified atom stereocenters. The summed E-state index contributed by atoms with van der Waals surface area (Å²) >= 11 is 0. The van der Waals surface area contributed by atoms with Crippen molar-refractivity contribution in [3.63, 3.8) is 0 Å². The van der Waals surface area contributed by atoms with Crippen molar-refractivity contribution in [2.45, 2.75) is 83.9 Å². The number of Topliss-reactive ketones (excluding diaryl/α,β-unsaturated/α-hetero) is 1. The number of hydrogen-bond acceptors (Lipinski definition) is 2. The van der Waals surface area contributed by atoms with E-state index in [-0.39, 0.29) is 30.0 Å². The Morgan fingerprint density at radius 1 is 1.35 bits per heavy atom. The maximum Gasteiger partial charge on any atom is 0.389 e. The molecule has 0 aromatic heterocycles. The second-order valence-electron chi connectivity index (χ2n) is 7.85. The van der Waals surface area contributed by atoms with Gasteiger partial charge in [0.25, 0.3) is 0 Å². The Labute approximate surface area is 137 Å². The Kier molecular flexibility index (Phi) is 4.60. The van der Waals surface area contributed by atoms with Crippen molar-refractivity contribution >= 4 is 5.78 Å². The number of carbonyl (C=O) groups is 1. The van der Waals surface area contributed by atoms with Crippen LogP contribution >= 0.6 is 0 Å². The summed E-state index contributed by atoms with van der Waals surface area (Å²) in [4.78, 5) is 12.4. The SMILES string of the molecule is [2H]C1C[C@@]2(C)CC[C@@H](C(C)(C)O)CC2=C(CCCC(F)(F)F)C1=O. The quantitative estimate of drug-likeness (QED) is 0.790. The predicted molar refractivity (Wildman–Crippen MR) is 82.9 cm³/mol. The molecule has 2 aliphatic carbocycles. The van der Waals surface area contributed by atoms with E-state index < -0.39 is 24.6 Å². The van der Waals surface area contributed by atoms with E-state index in [0.717, 1.165) is 18.4 Å². The Balaban J connectivity index is 2.30. The molecule has 0 amide bonds. The first-order valence-electron chi connectivity index (χ1n) is 8.89. The van der Waals surface area contributed by atoms with Gasteiger partial charge < -0.3 is 5.11 Å². The van der Waals surface area contributed by atoms with Crippen LogP contribution in [-0.2, 0) is 4.79 Å². The Hall–Kier alpha value is -0.840. The van der Waals surface area contributed by atoms with Crippen LogP contribution in [0.1, 0.15) is 73.5 Å². The van der Waals surface area contributed by atoms with Gasteiger partial charge in [0.2, 0.25) is 0 Å². The third kappa shape index (κ3) is 4.37. The number of aliphatic hydroxyl groups is 1. The number of allylic oxidation sites excluding steroid dienone is 2. The van der Waals surface area contributed by atoms with Gasteiger partial charge >= 0.3 is 6.18 Å². The van der Waals surface area contributed by atoms with Crippen LogP contribution in [0.3, 0.4) is 0 Å². The van der Waals surface area contributed by atoms with Gasteiger partial charge in [0, 0.05) is 14.2 Å². The van der Waals surface area contributed by atoms with Gasteiger partial charge in [0.15, 0.2) is 5.78 Å². The topological polar surface area (TPSA) is 37.3 Å². The fourth-order valence-electron chi connectivity index (χ4n) is 3.88. The summed E-state index contributed by atoms with van der Waals surface area (Å²) in [6.07, 6.45) is -3.51. The summed E-state index contributed by atoms with van der Waals surface area (Å²) in [5, 5.41) is 10.3. The van der Waals surface area contributed by atoms with Crippen LogP contribution in [-0.4, -0.2) is 22.7 Å². The highest BCUT2D eigenvalue weighted by atomic mass is 19.4. The van der Waals surface area contributed by atoms with Crippen LogP contribution in [0, 0.1) is 11.3 Å². The molecule has 0 bridgehead atoms. The highest BCUT2D eigenvalue weighted by Crippen LogP contribution is 2.52. The molecule has 0 aromatic rings. The monoisotopic (exact) mass is 333 g/mol. The van der Waals surface area contributed by atoms with E-state index in [1.807, 2.05) is 6.92 Å². The summed E-state index contributed by atoms with van der Waals surface area (Å²) in [5.41, 5.74) is 0.153. The van der Waals surface area contributed by atoms with Crippen molar-refractivity contribution in [1.29, 1.82) is 0 Å². The number of ketones is 1. The number of alkyl halides is 3. The Morgan fingerprint density at radius 2 is 2.00 bits per heavy atom. The molecule has 2 aliphatic rings. The number of fused-ring (bicyclic) bond motifs is 1. The molecular weight excluding hydrogens is 305 g/mol. The van der Waals surface area contributed by atoms with Crippen LogP contribution in [0.15, 0.2) is 11.1 Å². The molecule has 0 heterocycles. The fraction of sp³-hybridized carbons (Fsp3) is 0.833. The van der Waals surface area contributed by atoms with E-state index in [4.69, 9.17) is 1.37 Å². The fourth-order valence-corrected chi connectivity index (χ4v) is 3.88. The molecule has 0 spiro atoms. The van der Waals surface area contributed by atoms with Gasteiger partial charge in [-0.3, -0.25) is 4.79 Å². The van der Waals surface area contributed by atoms with Crippen LogP contribution < -0.4 is 0 Å². The highest BCUT2D eigenvalue weighted by Gasteiger charge is 2.44. The highest BCUT2D eigenvalue weighted by molar-refractivity contribution is 5.97. The number of rotatable bonds is 4. The van der Waals surface area contributed by atoms with Gasteiger partial charge in [-0.1, -0.05) is 12.5 Å². The average Bonchev–Trinajstić information content (AvgIpc) is 2.40. The van der Waals surface area contributed by atoms with Crippen LogP contribution in [0.2, 0.25) is 0 Å². The molecule has 3 atom stereocenters. The number of carbonyl (C=O) groups excluding carboxylic acids is 1. The van der Waals surface area contributed by atoms with Gasteiger partial charge in [-0.25, -0.2) is 0 Å². The summed E-state index contributed by atoms with van der Waals surface area (Å²) in [7, 11) is 0. The van der Waals surface area contributed by atoms with Gasteiger partial charge in [0.05, 0.1) is 5.60 Å². The minimum Gasteiger partial charge on any atom is -0.390 e. The van der Waals surface area contributed by atoms with Gasteiger partial charge in [-0.15, -0.1) is 0 Å². The molecule has 0 aliphatic heterocycles. The van der Waals surface area contributed by atoms with E-state index in [9.17, 15) is 23.1 Å². The Morgan fingerprint density at radius 3 is 2.57 bits per heavy atom. The van der Waals surface area contributed by atoms with Crippen molar-refractivity contribution in [2.24, 2.45) is 11.3 Å². The van der Waals surface area contributed by atoms with E-state index in [1.54, 1.807) is 13.8 Å². The van der Waals surface area contributed by atoms with E-state index in [1.165, 1.54) is 0 Å². The average molecular weight is 333 g/mol. The molecule has 0 aromatic carbocycles. The molecule has 2 nitrogen and oxygen atoms in total. The zero-order chi connectivity index (χ0) is 18.3. The lowest BCUT2D eigenvalue weighted by Gasteiger charge is -2.46. The molecule has 23 heavy (non-hydrogen) atoms. The van der Waals surface area contributed by atoms with Crippen LogP contribution in [0.5, 0.6) is 0 Å². The molecule has 1 N–H and O–H groups in total.